The first kappa shape index (κ1) is 14.0. The third-order valence-electron chi connectivity index (χ3n) is 3.40. The normalized spacial score (nSPS) is 18.4. The Morgan fingerprint density at radius 1 is 1.32 bits per heavy atom. The smallest absolute Gasteiger partial charge is 0.134 e. The van der Waals surface area contributed by atoms with Crippen LogP contribution in [-0.2, 0) is 0 Å². The highest BCUT2D eigenvalue weighted by molar-refractivity contribution is 5.50. The fraction of sp³-hybridized carbons (Fsp3) is 0.692. The van der Waals surface area contributed by atoms with Crippen LogP contribution in [0.25, 0.3) is 0 Å². The predicted molar refractivity (Wildman–Crippen MR) is 78.6 cm³/mol. The quantitative estimate of drug-likeness (QED) is 0.815. The van der Waals surface area contributed by atoms with Crippen LogP contribution in [0.5, 0.6) is 0 Å². The Balaban J connectivity index is 2.12. The van der Waals surface area contributed by atoms with Crippen LogP contribution < -0.4 is 16.0 Å². The summed E-state index contributed by atoms with van der Waals surface area (Å²) in [5, 5.41) is 3.31. The number of aromatic nitrogens is 2. The first-order valence-electron chi connectivity index (χ1n) is 6.84. The SMILES string of the molecule is Cc1nc(NC(C)CN)cc(N2CCN(C)CC2)n1. The number of nitrogens with zero attached hydrogens (tertiary/aromatic N) is 4. The second kappa shape index (κ2) is 6.16. The van der Waals surface area contributed by atoms with Crippen LogP contribution in [0.3, 0.4) is 0 Å². The standard InChI is InChI=1S/C13H24N6/c1-10(9-14)15-12-8-13(17-11(2)16-12)19-6-4-18(3)5-7-19/h8,10H,4-7,9,14H2,1-3H3,(H,15,16,17). The lowest BCUT2D eigenvalue weighted by Gasteiger charge is -2.33. The first-order chi connectivity index (χ1) is 9.08. The molecule has 1 aromatic rings. The maximum atomic E-state index is 5.63. The second-order valence-electron chi connectivity index (χ2n) is 5.23. The number of aryl methyl sites for hydroxylation is 1. The van der Waals surface area contributed by atoms with Crippen molar-refractivity contribution in [3.63, 3.8) is 0 Å². The lowest BCUT2D eigenvalue weighted by atomic mass is 10.3. The molecule has 1 fully saturated rings. The van der Waals surface area contributed by atoms with E-state index in [9.17, 15) is 0 Å². The molecule has 0 aliphatic carbocycles. The molecule has 106 valence electrons. The van der Waals surface area contributed by atoms with Crippen LogP contribution in [0.15, 0.2) is 6.07 Å². The van der Waals surface area contributed by atoms with E-state index in [0.29, 0.717) is 6.54 Å². The maximum Gasteiger partial charge on any atom is 0.134 e. The number of likely N-dealkylation sites (N-methyl/N-ethyl adjacent to an activating group) is 1. The van der Waals surface area contributed by atoms with Gasteiger partial charge >= 0.3 is 0 Å². The third kappa shape index (κ3) is 3.78. The molecule has 2 rings (SSSR count). The number of nitrogens with one attached hydrogen (secondary N) is 1. The van der Waals surface area contributed by atoms with Crippen LogP contribution >= 0.6 is 0 Å². The summed E-state index contributed by atoms with van der Waals surface area (Å²) in [6.07, 6.45) is 0. The largest absolute Gasteiger partial charge is 0.366 e. The summed E-state index contributed by atoms with van der Waals surface area (Å²) >= 11 is 0. The van der Waals surface area contributed by atoms with Crippen molar-refractivity contribution in [1.82, 2.24) is 14.9 Å². The van der Waals surface area contributed by atoms with Gasteiger partial charge in [-0.05, 0) is 20.9 Å². The van der Waals surface area contributed by atoms with Gasteiger partial charge in [0.25, 0.3) is 0 Å². The molecular formula is C13H24N6. The van der Waals surface area contributed by atoms with Crippen molar-refractivity contribution in [2.24, 2.45) is 5.73 Å². The Kier molecular flexibility index (Phi) is 4.55. The molecule has 1 aliphatic rings. The van der Waals surface area contributed by atoms with Crippen molar-refractivity contribution in [3.8, 4) is 0 Å². The average molecular weight is 264 g/mol. The average Bonchev–Trinajstić information content (AvgIpc) is 2.38. The molecule has 1 unspecified atom stereocenters. The minimum atomic E-state index is 0.217. The Morgan fingerprint density at radius 2 is 2.00 bits per heavy atom. The van der Waals surface area contributed by atoms with E-state index >= 15 is 0 Å². The summed E-state index contributed by atoms with van der Waals surface area (Å²) in [6.45, 7) is 8.74. The van der Waals surface area contributed by atoms with Crippen molar-refractivity contribution >= 4 is 11.6 Å². The monoisotopic (exact) mass is 264 g/mol. The molecule has 0 bridgehead atoms. The lowest BCUT2D eigenvalue weighted by molar-refractivity contribution is 0.312. The molecule has 6 nitrogen and oxygen atoms in total. The molecule has 0 aromatic carbocycles. The molecule has 1 atom stereocenters. The summed E-state index contributed by atoms with van der Waals surface area (Å²) in [5.41, 5.74) is 5.63. The molecule has 3 N–H and O–H groups in total. The van der Waals surface area contributed by atoms with Gasteiger partial charge in [0.15, 0.2) is 0 Å². The Hall–Kier alpha value is -1.40. The maximum absolute atomic E-state index is 5.63. The molecular weight excluding hydrogens is 240 g/mol. The van der Waals surface area contributed by atoms with Gasteiger partial charge in [-0.15, -0.1) is 0 Å². The molecule has 0 radical (unpaired) electrons. The molecule has 0 spiro atoms. The van der Waals surface area contributed by atoms with Gasteiger partial charge in [-0.3, -0.25) is 0 Å². The van der Waals surface area contributed by atoms with Crippen molar-refractivity contribution in [1.29, 1.82) is 0 Å². The summed E-state index contributed by atoms with van der Waals surface area (Å²) in [6, 6.07) is 2.24. The lowest BCUT2D eigenvalue weighted by Crippen LogP contribution is -2.45. The van der Waals surface area contributed by atoms with Crippen LogP contribution in [0.2, 0.25) is 0 Å². The zero-order valence-electron chi connectivity index (χ0n) is 12.1. The third-order valence-corrected chi connectivity index (χ3v) is 3.40. The van der Waals surface area contributed by atoms with Crippen molar-refractivity contribution in [2.75, 3.05) is 50.0 Å². The van der Waals surface area contributed by atoms with Crippen LogP contribution in [0.1, 0.15) is 12.7 Å². The van der Waals surface area contributed by atoms with Gasteiger partial charge in [-0.2, -0.15) is 0 Å². The van der Waals surface area contributed by atoms with E-state index in [-0.39, 0.29) is 6.04 Å². The summed E-state index contributed by atoms with van der Waals surface area (Å²) in [5.74, 6) is 2.66. The van der Waals surface area contributed by atoms with E-state index in [4.69, 9.17) is 5.73 Å². The van der Waals surface area contributed by atoms with E-state index in [0.717, 1.165) is 43.6 Å². The molecule has 1 saturated heterocycles. The highest BCUT2D eigenvalue weighted by atomic mass is 15.3. The highest BCUT2D eigenvalue weighted by Crippen LogP contribution is 2.17. The van der Waals surface area contributed by atoms with Crippen LogP contribution in [0.4, 0.5) is 11.6 Å². The number of nitrogens with two attached hydrogens (primary N) is 1. The minimum Gasteiger partial charge on any atom is -0.366 e. The number of rotatable bonds is 4. The Labute approximate surface area is 115 Å². The molecule has 0 amide bonds. The fourth-order valence-corrected chi connectivity index (χ4v) is 2.13. The molecule has 2 heterocycles. The topological polar surface area (TPSA) is 70.3 Å². The van der Waals surface area contributed by atoms with Gasteiger partial charge < -0.3 is 20.9 Å². The molecule has 19 heavy (non-hydrogen) atoms. The summed E-state index contributed by atoms with van der Waals surface area (Å²) in [7, 11) is 2.15. The molecule has 0 saturated carbocycles. The van der Waals surface area contributed by atoms with Gasteiger partial charge in [0.05, 0.1) is 0 Å². The second-order valence-corrected chi connectivity index (χ2v) is 5.23. The van der Waals surface area contributed by atoms with Crippen molar-refractivity contribution in [2.45, 2.75) is 19.9 Å². The van der Waals surface area contributed by atoms with E-state index in [1.807, 2.05) is 19.9 Å². The number of hydrogen-bond donors (Lipinski definition) is 2. The summed E-state index contributed by atoms with van der Waals surface area (Å²) in [4.78, 5) is 13.6. The van der Waals surface area contributed by atoms with Crippen molar-refractivity contribution in [3.05, 3.63) is 11.9 Å². The van der Waals surface area contributed by atoms with Crippen LogP contribution in [-0.4, -0.2) is 60.7 Å². The fourth-order valence-electron chi connectivity index (χ4n) is 2.13. The molecule has 6 heteroatoms. The summed E-state index contributed by atoms with van der Waals surface area (Å²) < 4.78 is 0. The van der Waals surface area contributed by atoms with Gasteiger partial charge in [0.2, 0.25) is 0 Å². The van der Waals surface area contributed by atoms with E-state index < -0.39 is 0 Å². The zero-order valence-corrected chi connectivity index (χ0v) is 12.1. The van der Waals surface area contributed by atoms with Crippen LogP contribution in [0, 0.1) is 6.92 Å². The number of anilines is 2. The zero-order chi connectivity index (χ0) is 13.8. The number of hydrogen-bond acceptors (Lipinski definition) is 6. The highest BCUT2D eigenvalue weighted by Gasteiger charge is 2.16. The Morgan fingerprint density at radius 3 is 2.63 bits per heavy atom. The Bertz CT molecular complexity index is 414. The van der Waals surface area contributed by atoms with E-state index in [1.54, 1.807) is 0 Å². The molecule has 1 aromatic heterocycles. The van der Waals surface area contributed by atoms with Gasteiger partial charge in [-0.1, -0.05) is 0 Å². The van der Waals surface area contributed by atoms with E-state index in [2.05, 4.69) is 32.1 Å². The van der Waals surface area contributed by atoms with E-state index in [1.165, 1.54) is 0 Å². The predicted octanol–water partition coefficient (Wildman–Crippen LogP) is 0.296. The number of piperazine rings is 1. The first-order valence-corrected chi connectivity index (χ1v) is 6.84. The van der Waals surface area contributed by atoms with Crippen molar-refractivity contribution < 1.29 is 0 Å². The van der Waals surface area contributed by atoms with Gasteiger partial charge in [0, 0.05) is 44.8 Å². The van der Waals surface area contributed by atoms with Gasteiger partial charge in [0.1, 0.15) is 17.5 Å². The van der Waals surface area contributed by atoms with Gasteiger partial charge in [-0.25, -0.2) is 9.97 Å². The molecule has 1 aliphatic heterocycles. The minimum absolute atomic E-state index is 0.217.